The average molecular weight is 307 g/mol. The first kappa shape index (κ1) is 14.9. The number of hydrogen-bond acceptors (Lipinski definition) is 5. The maximum Gasteiger partial charge on any atom is 0.316 e. The molecule has 0 fully saturated rings. The fourth-order valence-electron chi connectivity index (χ4n) is 1.48. The third-order valence-corrected chi connectivity index (χ3v) is 4.42. The predicted molar refractivity (Wildman–Crippen MR) is 83.5 cm³/mol. The fraction of sp³-hybridized carbons (Fsp3) is 0.214. The normalized spacial score (nSPS) is 16.4. The summed E-state index contributed by atoms with van der Waals surface area (Å²) in [5.41, 5.74) is 0.954. The van der Waals surface area contributed by atoms with Crippen LogP contribution in [0.1, 0.15) is 12.5 Å². The van der Waals surface area contributed by atoms with Crippen LogP contribution in [0.2, 0.25) is 0 Å². The van der Waals surface area contributed by atoms with Crippen LogP contribution in [0.25, 0.3) is 6.08 Å². The lowest BCUT2D eigenvalue weighted by atomic mass is 10.2. The molecule has 1 aliphatic rings. The van der Waals surface area contributed by atoms with Gasteiger partial charge in [0.25, 0.3) is 5.91 Å². The SMILES string of the molecule is CCOC(=O)CSC1=NC(=O)C(=Cc2ccccc2)S1. The zero-order valence-corrected chi connectivity index (χ0v) is 12.5. The Labute approximate surface area is 125 Å². The van der Waals surface area contributed by atoms with Gasteiger partial charge >= 0.3 is 5.97 Å². The van der Waals surface area contributed by atoms with Gasteiger partial charge in [-0.3, -0.25) is 9.59 Å². The first-order valence-electron chi connectivity index (χ1n) is 6.05. The molecular formula is C14H13NO3S2. The summed E-state index contributed by atoms with van der Waals surface area (Å²) < 4.78 is 5.42. The first-order chi connectivity index (χ1) is 9.69. The van der Waals surface area contributed by atoms with Crippen LogP contribution in [-0.4, -0.2) is 28.6 Å². The van der Waals surface area contributed by atoms with E-state index in [-0.39, 0.29) is 17.6 Å². The van der Waals surface area contributed by atoms with Crippen LogP contribution in [0.15, 0.2) is 40.2 Å². The minimum absolute atomic E-state index is 0.172. The van der Waals surface area contributed by atoms with Crippen LogP contribution in [0.5, 0.6) is 0 Å². The molecule has 1 aliphatic heterocycles. The average Bonchev–Trinajstić information content (AvgIpc) is 2.79. The number of carbonyl (C=O) groups excluding carboxylic acids is 2. The Morgan fingerprint density at radius 1 is 1.40 bits per heavy atom. The summed E-state index contributed by atoms with van der Waals surface area (Å²) in [4.78, 5) is 27.5. The molecule has 0 bridgehead atoms. The second kappa shape index (κ2) is 7.31. The lowest BCUT2D eigenvalue weighted by Gasteiger charge is -2.00. The number of aliphatic imine (C=N–C) groups is 1. The van der Waals surface area contributed by atoms with Gasteiger partial charge in [-0.15, -0.1) is 0 Å². The molecule has 1 heterocycles. The van der Waals surface area contributed by atoms with Crippen LogP contribution in [-0.2, 0) is 14.3 Å². The third-order valence-electron chi connectivity index (χ3n) is 2.32. The van der Waals surface area contributed by atoms with Crippen molar-refractivity contribution in [2.75, 3.05) is 12.4 Å². The van der Waals surface area contributed by atoms with Crippen molar-refractivity contribution in [2.24, 2.45) is 4.99 Å². The predicted octanol–water partition coefficient (Wildman–Crippen LogP) is 2.95. The lowest BCUT2D eigenvalue weighted by Crippen LogP contribution is -2.07. The van der Waals surface area contributed by atoms with Gasteiger partial charge in [-0.1, -0.05) is 53.9 Å². The summed E-state index contributed by atoms with van der Waals surface area (Å²) in [5, 5.41) is 0. The van der Waals surface area contributed by atoms with E-state index >= 15 is 0 Å². The van der Waals surface area contributed by atoms with Gasteiger partial charge in [0.1, 0.15) is 4.38 Å². The summed E-state index contributed by atoms with van der Waals surface area (Å²) in [6.45, 7) is 2.12. The molecule has 0 aliphatic carbocycles. The van der Waals surface area contributed by atoms with Crippen LogP contribution < -0.4 is 0 Å². The van der Waals surface area contributed by atoms with Gasteiger partial charge in [-0.25, -0.2) is 0 Å². The molecule has 0 spiro atoms. The topological polar surface area (TPSA) is 55.7 Å². The van der Waals surface area contributed by atoms with Gasteiger partial charge in [0, 0.05) is 0 Å². The zero-order valence-electron chi connectivity index (χ0n) is 10.9. The van der Waals surface area contributed by atoms with Gasteiger partial charge in [-0.05, 0) is 18.6 Å². The van der Waals surface area contributed by atoms with Crippen molar-refractivity contribution in [3.8, 4) is 0 Å². The number of esters is 1. The van der Waals surface area contributed by atoms with Gasteiger partial charge < -0.3 is 4.74 Å². The minimum atomic E-state index is -0.297. The maximum absolute atomic E-state index is 11.8. The highest BCUT2D eigenvalue weighted by molar-refractivity contribution is 8.41. The molecule has 0 saturated carbocycles. The van der Waals surface area contributed by atoms with E-state index < -0.39 is 0 Å². The van der Waals surface area contributed by atoms with Gasteiger partial charge in [0.2, 0.25) is 0 Å². The zero-order chi connectivity index (χ0) is 14.4. The van der Waals surface area contributed by atoms with Gasteiger partial charge in [-0.2, -0.15) is 4.99 Å². The minimum Gasteiger partial charge on any atom is -0.465 e. The van der Waals surface area contributed by atoms with E-state index in [0.29, 0.717) is 15.9 Å². The van der Waals surface area contributed by atoms with E-state index in [2.05, 4.69) is 4.99 Å². The molecule has 1 amide bonds. The Kier molecular flexibility index (Phi) is 5.43. The highest BCUT2D eigenvalue weighted by Gasteiger charge is 2.22. The third kappa shape index (κ3) is 4.25. The van der Waals surface area contributed by atoms with E-state index in [4.69, 9.17) is 4.74 Å². The van der Waals surface area contributed by atoms with Crippen molar-refractivity contribution in [2.45, 2.75) is 6.92 Å². The van der Waals surface area contributed by atoms with Crippen LogP contribution >= 0.6 is 23.5 Å². The smallest absolute Gasteiger partial charge is 0.316 e. The van der Waals surface area contributed by atoms with Crippen molar-refractivity contribution in [1.82, 2.24) is 0 Å². The highest BCUT2D eigenvalue weighted by atomic mass is 32.2. The fourth-order valence-corrected chi connectivity index (χ4v) is 3.27. The molecule has 0 saturated heterocycles. The van der Waals surface area contributed by atoms with E-state index in [1.807, 2.05) is 30.3 Å². The molecule has 104 valence electrons. The second-order valence-electron chi connectivity index (χ2n) is 3.80. The molecule has 4 nitrogen and oxygen atoms in total. The second-order valence-corrected chi connectivity index (χ2v) is 6.05. The Morgan fingerprint density at radius 2 is 2.15 bits per heavy atom. The van der Waals surface area contributed by atoms with Crippen LogP contribution in [0.4, 0.5) is 0 Å². The summed E-state index contributed by atoms with van der Waals surface area (Å²) in [5.74, 6) is -0.384. The van der Waals surface area contributed by atoms with Gasteiger partial charge in [0.15, 0.2) is 0 Å². The number of nitrogens with zero attached hydrogens (tertiary/aromatic N) is 1. The molecule has 0 aromatic heterocycles. The molecule has 0 atom stereocenters. The van der Waals surface area contributed by atoms with Crippen molar-refractivity contribution in [3.63, 3.8) is 0 Å². The molecule has 0 unspecified atom stereocenters. The number of carbonyl (C=O) groups is 2. The summed E-state index contributed by atoms with van der Waals surface area (Å²) in [6, 6.07) is 9.58. The first-order valence-corrected chi connectivity index (χ1v) is 7.85. The molecular weight excluding hydrogens is 294 g/mol. The molecule has 1 aromatic carbocycles. The number of ether oxygens (including phenoxy) is 1. The number of rotatable bonds is 4. The Balaban J connectivity index is 1.94. The summed E-state index contributed by atoms with van der Waals surface area (Å²) in [6.07, 6.45) is 1.80. The monoisotopic (exact) mass is 307 g/mol. The van der Waals surface area contributed by atoms with Crippen LogP contribution in [0, 0.1) is 0 Å². The van der Waals surface area contributed by atoms with Crippen molar-refractivity contribution < 1.29 is 14.3 Å². The highest BCUT2D eigenvalue weighted by Crippen LogP contribution is 2.33. The van der Waals surface area contributed by atoms with E-state index in [1.165, 1.54) is 23.5 Å². The summed E-state index contributed by atoms with van der Waals surface area (Å²) in [7, 11) is 0. The van der Waals surface area contributed by atoms with E-state index in [0.717, 1.165) is 5.56 Å². The largest absolute Gasteiger partial charge is 0.465 e. The number of hydrogen-bond donors (Lipinski definition) is 0. The molecule has 1 aromatic rings. The van der Waals surface area contributed by atoms with Gasteiger partial charge in [0.05, 0.1) is 17.3 Å². The lowest BCUT2D eigenvalue weighted by molar-refractivity contribution is -0.139. The Hall–Kier alpha value is -1.53. The quantitative estimate of drug-likeness (QED) is 0.632. The Bertz CT molecular complexity index is 567. The number of thioether (sulfide) groups is 2. The van der Waals surface area contributed by atoms with Crippen LogP contribution in [0.3, 0.4) is 0 Å². The maximum atomic E-state index is 11.8. The number of benzene rings is 1. The van der Waals surface area contributed by atoms with Crippen molar-refractivity contribution >= 4 is 45.9 Å². The van der Waals surface area contributed by atoms with E-state index in [1.54, 1.807) is 13.0 Å². The van der Waals surface area contributed by atoms with Crippen molar-refractivity contribution in [3.05, 3.63) is 40.8 Å². The van der Waals surface area contributed by atoms with E-state index in [9.17, 15) is 9.59 Å². The molecule has 0 radical (unpaired) electrons. The standard InChI is InChI=1S/C14H13NO3S2/c1-2-18-12(16)9-19-14-15-13(17)11(20-14)8-10-6-4-3-5-7-10/h3-8H,2,9H2,1H3. The summed E-state index contributed by atoms with van der Waals surface area (Å²) >= 11 is 2.52. The molecule has 2 rings (SSSR count). The van der Waals surface area contributed by atoms with Crippen molar-refractivity contribution in [1.29, 1.82) is 0 Å². The molecule has 6 heteroatoms. The molecule has 0 N–H and O–H groups in total. The Morgan fingerprint density at radius 3 is 2.85 bits per heavy atom. The molecule has 20 heavy (non-hydrogen) atoms. The number of amides is 1.